The average Bonchev–Trinajstić information content (AvgIpc) is 3.62. The summed E-state index contributed by atoms with van der Waals surface area (Å²) in [6.07, 6.45) is 10.8. The molecule has 4 nitrogen and oxygen atoms in total. The number of benzene rings is 2. The molecule has 6 rings (SSSR count). The fourth-order valence-electron chi connectivity index (χ4n) is 6.85. The third-order valence-corrected chi connectivity index (χ3v) is 9.22. The van der Waals surface area contributed by atoms with Crippen molar-refractivity contribution in [2.75, 3.05) is 23.7 Å². The van der Waals surface area contributed by atoms with Gasteiger partial charge in [-0.2, -0.15) is 0 Å². The molecule has 3 aliphatic carbocycles. The Hall–Kier alpha value is -1.60. The topological polar surface area (TPSA) is 44.4 Å². The molecule has 0 radical (unpaired) electrons. The van der Waals surface area contributed by atoms with Crippen LogP contribution in [0.25, 0.3) is 0 Å². The van der Waals surface area contributed by atoms with Gasteiger partial charge in [-0.15, -0.1) is 0 Å². The predicted octanol–water partition coefficient (Wildman–Crippen LogP) is 6.40. The lowest BCUT2D eigenvalue weighted by Crippen LogP contribution is -2.61. The van der Waals surface area contributed by atoms with Crippen LogP contribution in [0.5, 0.6) is 0 Å². The maximum Gasteiger partial charge on any atom is 0.323 e. The summed E-state index contributed by atoms with van der Waals surface area (Å²) in [5.41, 5.74) is 5.12. The van der Waals surface area contributed by atoms with E-state index >= 15 is 0 Å². The maximum atomic E-state index is 12.7. The molecule has 3 fully saturated rings. The molecule has 1 heterocycles. The van der Waals surface area contributed by atoms with Gasteiger partial charge in [0.25, 0.3) is 0 Å². The second kappa shape index (κ2) is 8.32. The molecule has 2 aromatic rings. The van der Waals surface area contributed by atoms with Gasteiger partial charge in [-0.25, -0.2) is 4.79 Å². The molecule has 0 unspecified atom stereocenters. The first-order valence-electron chi connectivity index (χ1n) is 12.3. The fourth-order valence-corrected chi connectivity index (χ4v) is 7.21. The molecule has 2 bridgehead atoms. The van der Waals surface area contributed by atoms with Gasteiger partial charge < -0.3 is 10.6 Å². The number of hydrogen-bond acceptors (Lipinski definition) is 2. The van der Waals surface area contributed by atoms with Crippen LogP contribution in [-0.4, -0.2) is 30.1 Å². The minimum Gasteiger partial charge on any atom is -0.308 e. The van der Waals surface area contributed by atoms with Gasteiger partial charge in [-0.05, 0) is 127 Å². The van der Waals surface area contributed by atoms with E-state index in [4.69, 9.17) is 0 Å². The van der Waals surface area contributed by atoms with E-state index in [2.05, 4.69) is 56.3 Å². The van der Waals surface area contributed by atoms with E-state index in [9.17, 15) is 4.79 Å². The smallest absolute Gasteiger partial charge is 0.308 e. The van der Waals surface area contributed by atoms with Crippen LogP contribution in [0.15, 0.2) is 42.5 Å². The third-order valence-electron chi connectivity index (χ3n) is 8.50. The number of nitrogens with zero attached hydrogens (tertiary/aromatic N) is 1. The molecule has 3 atom stereocenters. The quantitative estimate of drug-likeness (QED) is 0.440. The maximum absolute atomic E-state index is 12.7. The van der Waals surface area contributed by atoms with Gasteiger partial charge in [0.15, 0.2) is 0 Å². The molecule has 32 heavy (non-hydrogen) atoms. The molecule has 2 amide bonds. The zero-order valence-electron chi connectivity index (χ0n) is 18.6. The Labute approximate surface area is 204 Å². The molecule has 1 aliphatic heterocycles. The zero-order chi connectivity index (χ0) is 21.7. The van der Waals surface area contributed by atoms with Crippen molar-refractivity contribution >= 4 is 40.0 Å². The van der Waals surface area contributed by atoms with Gasteiger partial charge in [0.1, 0.15) is 0 Å². The summed E-state index contributed by atoms with van der Waals surface area (Å²) in [6.45, 7) is 2.58. The summed E-state index contributed by atoms with van der Waals surface area (Å²) in [5.74, 6) is 1.75. The number of carbonyl (C=O) groups excluding carboxylic acids is 1. The lowest BCUT2D eigenvalue weighted by molar-refractivity contribution is -0.0133. The Morgan fingerprint density at radius 3 is 2.59 bits per heavy atom. The Morgan fingerprint density at radius 2 is 1.78 bits per heavy atom. The zero-order valence-corrected chi connectivity index (χ0v) is 20.7. The first-order valence-corrected chi connectivity index (χ1v) is 13.4. The van der Waals surface area contributed by atoms with Crippen molar-refractivity contribution in [1.82, 2.24) is 4.90 Å². The second-order valence-corrected chi connectivity index (χ2v) is 11.7. The molecule has 5 heteroatoms. The number of fused-ring (bicyclic) bond motifs is 1. The lowest BCUT2D eigenvalue weighted by Gasteiger charge is -2.59. The van der Waals surface area contributed by atoms with Crippen molar-refractivity contribution in [2.45, 2.75) is 62.8 Å². The number of nitrogens with one attached hydrogen (secondary N) is 2. The van der Waals surface area contributed by atoms with E-state index in [0.717, 1.165) is 32.8 Å². The SMILES string of the molecule is O=C(Nc1ccc(I)cc1)Nc1ccc2c(c1)[C@@]13CCCC[C@H]1[C@@H](C2)N(CC1CC1)CC3. The molecule has 168 valence electrons. The number of anilines is 2. The van der Waals surface area contributed by atoms with Gasteiger partial charge in [0, 0.05) is 32.9 Å². The normalized spacial score (nSPS) is 29.0. The summed E-state index contributed by atoms with van der Waals surface area (Å²) in [4.78, 5) is 15.5. The number of halogens is 1. The van der Waals surface area contributed by atoms with Crippen LogP contribution < -0.4 is 10.6 Å². The first kappa shape index (κ1) is 21.0. The number of piperidine rings is 1. The summed E-state index contributed by atoms with van der Waals surface area (Å²) < 4.78 is 1.16. The van der Waals surface area contributed by atoms with Gasteiger partial charge in [-0.3, -0.25) is 4.90 Å². The molecule has 2 aromatic carbocycles. The Bertz CT molecular complexity index is 1020. The standard InChI is InChI=1S/C27H32IN3O/c28-20-7-10-21(11-8-20)29-26(32)30-22-9-6-19-15-25-23-3-1-2-12-27(23,24(19)16-22)13-14-31(25)17-18-4-5-18/h6-11,16,18,23,25H,1-5,12-15,17H2,(H2,29,30,32)/t23-,25+,27+/m0/s1. The monoisotopic (exact) mass is 541 g/mol. The van der Waals surface area contributed by atoms with Crippen molar-refractivity contribution in [3.8, 4) is 0 Å². The van der Waals surface area contributed by atoms with Crippen LogP contribution in [0.3, 0.4) is 0 Å². The Balaban J connectivity index is 1.25. The molecule has 2 saturated carbocycles. The van der Waals surface area contributed by atoms with E-state index in [1.54, 1.807) is 0 Å². The van der Waals surface area contributed by atoms with Crippen molar-refractivity contribution < 1.29 is 4.79 Å². The van der Waals surface area contributed by atoms with Crippen LogP contribution in [0, 0.1) is 15.4 Å². The molecule has 1 saturated heterocycles. The van der Waals surface area contributed by atoms with Crippen LogP contribution in [0.4, 0.5) is 16.2 Å². The Morgan fingerprint density at radius 1 is 1.00 bits per heavy atom. The average molecular weight is 541 g/mol. The van der Waals surface area contributed by atoms with Gasteiger partial charge in [0.2, 0.25) is 0 Å². The number of urea groups is 1. The molecule has 0 aromatic heterocycles. The van der Waals surface area contributed by atoms with Crippen molar-refractivity contribution in [3.63, 3.8) is 0 Å². The summed E-state index contributed by atoms with van der Waals surface area (Å²) in [7, 11) is 0. The Kier molecular flexibility index (Phi) is 5.45. The lowest BCUT2D eigenvalue weighted by atomic mass is 9.52. The number of likely N-dealkylation sites (tertiary alicyclic amines) is 1. The minimum absolute atomic E-state index is 0.170. The highest BCUT2D eigenvalue weighted by Gasteiger charge is 2.54. The van der Waals surface area contributed by atoms with E-state index in [0.29, 0.717) is 5.41 Å². The number of amides is 2. The summed E-state index contributed by atoms with van der Waals surface area (Å²) in [6, 6.07) is 15.2. The van der Waals surface area contributed by atoms with Crippen LogP contribution in [-0.2, 0) is 11.8 Å². The van der Waals surface area contributed by atoms with Crippen molar-refractivity contribution in [2.24, 2.45) is 11.8 Å². The molecular weight excluding hydrogens is 509 g/mol. The van der Waals surface area contributed by atoms with Crippen molar-refractivity contribution in [3.05, 3.63) is 57.2 Å². The van der Waals surface area contributed by atoms with Gasteiger partial charge in [0.05, 0.1) is 0 Å². The fraction of sp³-hybridized carbons (Fsp3) is 0.519. The number of hydrogen-bond donors (Lipinski definition) is 2. The molecule has 0 spiro atoms. The summed E-state index contributed by atoms with van der Waals surface area (Å²) in [5, 5.41) is 6.07. The van der Waals surface area contributed by atoms with Crippen LogP contribution in [0.2, 0.25) is 0 Å². The van der Waals surface area contributed by atoms with E-state index in [1.807, 2.05) is 24.3 Å². The minimum atomic E-state index is -0.170. The molecule has 2 N–H and O–H groups in total. The highest BCUT2D eigenvalue weighted by molar-refractivity contribution is 14.1. The highest BCUT2D eigenvalue weighted by atomic mass is 127. The number of carbonyl (C=O) groups is 1. The number of rotatable bonds is 4. The predicted molar refractivity (Wildman–Crippen MR) is 138 cm³/mol. The van der Waals surface area contributed by atoms with E-state index in [-0.39, 0.29) is 6.03 Å². The van der Waals surface area contributed by atoms with E-state index in [1.165, 1.54) is 75.6 Å². The second-order valence-electron chi connectivity index (χ2n) is 10.4. The van der Waals surface area contributed by atoms with Crippen LogP contribution >= 0.6 is 22.6 Å². The first-order chi connectivity index (χ1) is 15.6. The van der Waals surface area contributed by atoms with Crippen molar-refractivity contribution in [1.29, 1.82) is 0 Å². The summed E-state index contributed by atoms with van der Waals surface area (Å²) >= 11 is 2.27. The molecule has 4 aliphatic rings. The van der Waals surface area contributed by atoms with Gasteiger partial charge >= 0.3 is 6.03 Å². The highest BCUT2D eigenvalue weighted by Crippen LogP contribution is 2.56. The molecular formula is C27H32IN3O. The van der Waals surface area contributed by atoms with Gasteiger partial charge in [-0.1, -0.05) is 18.9 Å². The van der Waals surface area contributed by atoms with E-state index < -0.39 is 0 Å². The van der Waals surface area contributed by atoms with Crippen LogP contribution in [0.1, 0.15) is 56.1 Å². The third kappa shape index (κ3) is 3.85. The largest absolute Gasteiger partial charge is 0.323 e.